The molecule has 4 saturated heterocycles. The summed E-state index contributed by atoms with van der Waals surface area (Å²) in [5, 5.41) is 94.6. The second kappa shape index (κ2) is 29.9. The molecule has 0 aromatic rings. The van der Waals surface area contributed by atoms with E-state index in [4.69, 9.17) is 54.8 Å². The summed E-state index contributed by atoms with van der Waals surface area (Å²) in [6, 6.07) is -10.4. The molecule has 0 amide bonds. The van der Waals surface area contributed by atoms with E-state index in [9.17, 15) is 128 Å². The number of hydrogen-bond donors (Lipinski definition) is 12. The SMILES string of the molecule is CO[C@@H]1OC(CSCCNC(=S)N[C@@H]2OC(CS(=O)(=O)[O-])[C@H](O[C@@H]3OC(C(=O)[O-])[C@H](OC[C@@H]4OC(CS(=O)(=O)[O-])[C@H](O[C@@H]5OC(C(=O)[O-])=C[C@H](O)C5NS(=O)(=O)[O-])[C@H](O)C4NS(=O)(=O)[O-])[C@H](O)C3NS(=O)(=O)[O-])[C@H](O)C2NS(=O)(=O)[O-])C(C)C(O)C1O. The van der Waals surface area contributed by atoms with Gasteiger partial charge in [0, 0.05) is 31.1 Å². The van der Waals surface area contributed by atoms with Crippen LogP contribution in [0, 0.1) is 5.92 Å². The van der Waals surface area contributed by atoms with E-state index < -0.39 is 243 Å². The monoisotopic (exact) mass is 1420 g/mol. The number of thiocarbonyl (C=S) groups is 1. The number of aliphatic hydroxyl groups excluding tert-OH is 6. The highest BCUT2D eigenvalue weighted by molar-refractivity contribution is 7.99. The lowest BCUT2D eigenvalue weighted by atomic mass is 9.91. The number of carboxylic acid groups (broad SMARTS) is 2. The van der Waals surface area contributed by atoms with Gasteiger partial charge < -0.3 is 131 Å². The van der Waals surface area contributed by atoms with Crippen molar-refractivity contribution >= 4 is 102 Å². The van der Waals surface area contributed by atoms with Crippen LogP contribution in [-0.4, -0.2) is 304 Å². The Hall–Kier alpha value is -2.74. The molecule has 12 N–H and O–H groups in total. The summed E-state index contributed by atoms with van der Waals surface area (Å²) in [6.07, 6.45) is -41.9. The van der Waals surface area contributed by atoms with Crippen molar-refractivity contribution in [1.29, 1.82) is 0 Å². The zero-order chi connectivity index (χ0) is 65.9. The van der Waals surface area contributed by atoms with Crippen LogP contribution in [0.5, 0.6) is 0 Å². The van der Waals surface area contributed by atoms with Gasteiger partial charge in [0.15, 0.2) is 58.9 Å². The minimum Gasteiger partial charge on any atom is -0.748 e. The highest BCUT2D eigenvalue weighted by atomic mass is 32.3. The van der Waals surface area contributed by atoms with Gasteiger partial charge in [0.2, 0.25) is 6.29 Å². The summed E-state index contributed by atoms with van der Waals surface area (Å²) in [7, 11) is -33.6. The number of methoxy groups -OCH3 is 1. The van der Waals surface area contributed by atoms with Crippen LogP contribution in [0.15, 0.2) is 11.8 Å². The molecule has 0 aliphatic carbocycles. The Kier molecular flexibility index (Phi) is 25.8. The average Bonchev–Trinajstić information content (AvgIpc) is 0.862. The number of ether oxygens (including phenoxy) is 9. The number of carbonyl (C=O) groups excluding carboxylic acids is 2. The highest BCUT2D eigenvalue weighted by Crippen LogP contribution is 2.35. The molecule has 0 saturated carbocycles. The Labute approximate surface area is 503 Å². The van der Waals surface area contributed by atoms with Gasteiger partial charge in [-0.1, -0.05) is 6.92 Å². The second-order valence-electron chi connectivity index (χ2n) is 19.3. The molecule has 51 heteroatoms. The number of hydrogen-bond acceptors (Lipinski definition) is 39. The van der Waals surface area contributed by atoms with E-state index in [-0.39, 0.29) is 24.1 Å². The smallest absolute Gasteiger partial charge is 0.219 e. The van der Waals surface area contributed by atoms with Crippen molar-refractivity contribution in [2.24, 2.45) is 5.92 Å². The third-order valence-corrected chi connectivity index (χ3v) is 18.1. The van der Waals surface area contributed by atoms with E-state index in [1.54, 1.807) is 6.92 Å². The van der Waals surface area contributed by atoms with Crippen LogP contribution in [0.2, 0.25) is 0 Å². The van der Waals surface area contributed by atoms with Gasteiger partial charge in [-0.3, -0.25) is 0 Å². The van der Waals surface area contributed by atoms with Crippen molar-refractivity contribution in [3.05, 3.63) is 11.8 Å². The average molecular weight is 1420 g/mol. The lowest BCUT2D eigenvalue weighted by molar-refractivity contribution is -0.353. The highest BCUT2D eigenvalue weighted by Gasteiger charge is 2.55. The van der Waals surface area contributed by atoms with Crippen molar-refractivity contribution in [2.45, 2.75) is 142 Å². The predicted octanol–water partition coefficient (Wildman–Crippen LogP) is -15.8. The maximum Gasteiger partial charge on any atom is 0.219 e. The van der Waals surface area contributed by atoms with Gasteiger partial charge in [0.05, 0.1) is 80.8 Å². The number of aliphatic hydroxyl groups is 6. The number of rotatable bonds is 28. The zero-order valence-corrected chi connectivity index (χ0v) is 50.2. The van der Waals surface area contributed by atoms with Crippen LogP contribution >= 0.6 is 24.0 Å². The topological polar surface area (TPSA) is 700 Å². The fourth-order valence-electron chi connectivity index (χ4n) is 9.27. The number of thioether (sulfide) groups is 1. The molecule has 0 bridgehead atoms. The third-order valence-electron chi connectivity index (χ3n) is 13.1. The van der Waals surface area contributed by atoms with Crippen LogP contribution in [0.1, 0.15) is 6.92 Å². The van der Waals surface area contributed by atoms with Crippen LogP contribution in [0.25, 0.3) is 0 Å². The molecule has 0 radical (unpaired) electrons. The number of carboxylic acids is 2. The van der Waals surface area contributed by atoms with Gasteiger partial charge in [-0.25, -0.2) is 69.4 Å². The summed E-state index contributed by atoms with van der Waals surface area (Å²) in [5.41, 5.74) is 0. The number of nitrogens with one attached hydrogen (secondary N) is 6. The third kappa shape index (κ3) is 22.0. The molecule has 5 rings (SSSR count). The minimum absolute atomic E-state index is 0.0639. The van der Waals surface area contributed by atoms with Crippen molar-refractivity contribution < 1.29 is 171 Å². The molecule has 5 heterocycles. The summed E-state index contributed by atoms with van der Waals surface area (Å²) in [6.45, 7) is -0.116. The fraction of sp³-hybridized carbons (Fsp3) is 0.861. The molecule has 11 unspecified atom stereocenters. The van der Waals surface area contributed by atoms with Gasteiger partial charge >= 0.3 is 0 Å². The first kappa shape index (κ1) is 75.0. The fourth-order valence-corrected chi connectivity index (χ4v) is 14.2. The van der Waals surface area contributed by atoms with Gasteiger partial charge in [-0.15, -0.1) is 0 Å². The minimum atomic E-state index is -6.04. The Morgan fingerprint density at radius 1 is 0.609 bits per heavy atom. The number of carbonyl (C=O) groups is 2. The van der Waals surface area contributed by atoms with Crippen molar-refractivity contribution in [2.75, 3.05) is 43.3 Å². The van der Waals surface area contributed by atoms with Crippen LogP contribution < -0.4 is 39.7 Å². The normalized spacial score (nSPS) is 37.5. The molecule has 0 aromatic heterocycles. The van der Waals surface area contributed by atoms with Crippen molar-refractivity contribution in [3.8, 4) is 0 Å². The van der Waals surface area contributed by atoms with E-state index in [0.717, 1.165) is 0 Å². The Morgan fingerprint density at radius 3 is 1.62 bits per heavy atom. The molecule has 0 spiro atoms. The van der Waals surface area contributed by atoms with Crippen LogP contribution in [0.4, 0.5) is 0 Å². The first-order valence-electron chi connectivity index (χ1n) is 24.1. The summed E-state index contributed by atoms with van der Waals surface area (Å²) < 4.78 is 271. The largest absolute Gasteiger partial charge is 0.748 e. The lowest BCUT2D eigenvalue weighted by Gasteiger charge is -2.50. The summed E-state index contributed by atoms with van der Waals surface area (Å²) >= 11 is 6.42. The molecule has 506 valence electrons. The maximum absolute atomic E-state index is 12.7. The zero-order valence-electron chi connectivity index (χ0n) is 43.7. The number of aliphatic carboxylic acids is 2. The molecule has 43 nitrogen and oxygen atoms in total. The Bertz CT molecular complexity index is 3150. The molecular formula is C36H54N6O37S8-8. The molecule has 87 heavy (non-hydrogen) atoms. The molecular weight excluding hydrogens is 1360 g/mol. The van der Waals surface area contributed by atoms with Gasteiger partial charge in [-0.05, 0) is 18.3 Å². The van der Waals surface area contributed by atoms with Crippen molar-refractivity contribution in [1.82, 2.24) is 29.5 Å². The van der Waals surface area contributed by atoms with E-state index in [1.807, 2.05) is 0 Å². The first-order chi connectivity index (χ1) is 39.8. The molecule has 5 aliphatic heterocycles. The van der Waals surface area contributed by atoms with Crippen LogP contribution in [-0.2, 0) is 114 Å². The molecule has 0 aromatic carbocycles. The van der Waals surface area contributed by atoms with Gasteiger partial charge in [-0.2, -0.15) is 11.8 Å². The molecule has 5 aliphatic rings. The van der Waals surface area contributed by atoms with Crippen LogP contribution in [0.3, 0.4) is 0 Å². The van der Waals surface area contributed by atoms with E-state index in [2.05, 4.69) is 10.6 Å². The van der Waals surface area contributed by atoms with E-state index in [1.165, 1.54) is 37.8 Å². The maximum atomic E-state index is 12.7. The summed E-state index contributed by atoms with van der Waals surface area (Å²) in [5.74, 6) is -10.2. The van der Waals surface area contributed by atoms with Crippen molar-refractivity contribution in [3.63, 3.8) is 0 Å². The Balaban J connectivity index is 1.42. The Morgan fingerprint density at radius 2 is 1.10 bits per heavy atom. The lowest BCUT2D eigenvalue weighted by Crippen LogP contribution is -2.72. The standard InChI is InChI=1S/C36H62N6O37S8/c1-10-14(76-35(71-2)25(48)21(10)44)7-81-4-3-37-36(80)38-30-19(41-86(65,66)67)23(46)27(16(74-30)9-83(56,57)58)78-34-20(42-87(68,69)70)24(47)28(29(79-34)32(51)52)72-6-13-18(40-85(62,63)64)22(45)26(15(73-13)8-82(53,54)55)77-33-17(39-84(59,60)61)11(43)5-12(75-33)31(49)50/h5,10-11,13-30,33-35,39-48H,3-4,6-9H2,1-2H3,(H,49,50)(H,51,52)(H2,37,38,80)(H,53,54,55)(H,56,57,58)(H,59,60,61)(H,62,63,64)(H,65,66,67)(H,68,69,70)/p-8/t10?,11-,13-,14?,15?,16?,17?,18?,19?,20?,21?,22+,23+,24+,25?,26-,27-,28+,29?,30+,33-,34+,35+/m0/s1. The molecule has 23 atom stereocenters. The van der Waals surface area contributed by atoms with E-state index >= 15 is 0 Å². The second-order valence-corrected chi connectivity index (χ2v) is 28.3. The quantitative estimate of drug-likeness (QED) is 0.0197. The summed E-state index contributed by atoms with van der Waals surface area (Å²) in [4.78, 5) is 24.4. The van der Waals surface area contributed by atoms with E-state index in [0.29, 0.717) is 0 Å². The predicted molar refractivity (Wildman–Crippen MR) is 266 cm³/mol. The first-order valence-corrected chi connectivity index (χ1v) is 34.5. The van der Waals surface area contributed by atoms with Gasteiger partial charge in [0.25, 0.3) is 0 Å². The van der Waals surface area contributed by atoms with Gasteiger partial charge in [0.1, 0.15) is 91.1 Å². The molecule has 4 fully saturated rings.